The summed E-state index contributed by atoms with van der Waals surface area (Å²) in [5, 5.41) is 14.8. The number of aliphatic carboxylic acids is 1. The molecule has 1 aromatic heterocycles. The average Bonchev–Trinajstić information content (AvgIpc) is 3.08. The van der Waals surface area contributed by atoms with Crippen LogP contribution >= 0.6 is 0 Å². The minimum Gasteiger partial charge on any atom is -0.480 e. The molecule has 3 aromatic rings. The van der Waals surface area contributed by atoms with Crippen molar-refractivity contribution >= 4 is 34.4 Å². The molecule has 0 aliphatic heterocycles. The standard InChI is InChI=1S/C20H19N3O4/c24-18(10-12-23-11-9-14-3-1-2-4-17(14)23)22-16-7-5-15(6-8-16)20(27)21-13-19(25)26/h1-9,11H,10,12-13H2,(H,21,27)(H,22,24)(H,25,26). The lowest BCUT2D eigenvalue weighted by molar-refractivity contribution is -0.135. The van der Waals surface area contributed by atoms with E-state index < -0.39 is 18.4 Å². The first-order valence-corrected chi connectivity index (χ1v) is 8.47. The number of hydrogen-bond donors (Lipinski definition) is 3. The maximum absolute atomic E-state index is 12.2. The van der Waals surface area contributed by atoms with Crippen LogP contribution in [0.15, 0.2) is 60.8 Å². The predicted octanol–water partition coefficient (Wildman–Crippen LogP) is 2.48. The van der Waals surface area contributed by atoms with Crippen molar-refractivity contribution in [3.63, 3.8) is 0 Å². The number of aryl methyl sites for hydroxylation is 1. The SMILES string of the molecule is O=C(O)CNC(=O)c1ccc(NC(=O)CCn2ccc3ccccc32)cc1. The molecule has 7 nitrogen and oxygen atoms in total. The first-order chi connectivity index (χ1) is 13.0. The van der Waals surface area contributed by atoms with E-state index in [1.807, 2.05) is 41.1 Å². The fraction of sp³-hybridized carbons (Fsp3) is 0.150. The number of rotatable bonds is 7. The van der Waals surface area contributed by atoms with Crippen molar-refractivity contribution in [1.29, 1.82) is 0 Å². The number of benzene rings is 2. The van der Waals surface area contributed by atoms with Crippen molar-refractivity contribution in [3.8, 4) is 0 Å². The highest BCUT2D eigenvalue weighted by Crippen LogP contribution is 2.16. The number of carboxylic acids is 1. The molecule has 0 aliphatic rings. The molecule has 27 heavy (non-hydrogen) atoms. The van der Waals surface area contributed by atoms with Gasteiger partial charge in [0.1, 0.15) is 6.54 Å². The summed E-state index contributed by atoms with van der Waals surface area (Å²) in [6.07, 6.45) is 2.28. The van der Waals surface area contributed by atoms with Gasteiger partial charge in [-0.1, -0.05) is 18.2 Å². The molecule has 2 aromatic carbocycles. The highest BCUT2D eigenvalue weighted by Gasteiger charge is 2.08. The van der Waals surface area contributed by atoms with E-state index in [2.05, 4.69) is 10.6 Å². The van der Waals surface area contributed by atoms with Crippen molar-refractivity contribution in [1.82, 2.24) is 9.88 Å². The smallest absolute Gasteiger partial charge is 0.322 e. The number of carboxylic acid groups (broad SMARTS) is 1. The van der Waals surface area contributed by atoms with Crippen LogP contribution in [0.5, 0.6) is 0 Å². The maximum atomic E-state index is 12.2. The third-order valence-corrected chi connectivity index (χ3v) is 4.09. The van der Waals surface area contributed by atoms with Crippen LogP contribution in [-0.2, 0) is 16.1 Å². The van der Waals surface area contributed by atoms with Crippen molar-refractivity contribution < 1.29 is 19.5 Å². The summed E-state index contributed by atoms with van der Waals surface area (Å²) in [6, 6.07) is 16.3. The molecular formula is C20H19N3O4. The van der Waals surface area contributed by atoms with E-state index in [1.54, 1.807) is 12.1 Å². The Balaban J connectivity index is 1.53. The van der Waals surface area contributed by atoms with Crippen molar-refractivity contribution in [2.45, 2.75) is 13.0 Å². The molecule has 1 heterocycles. The number of amides is 2. The van der Waals surface area contributed by atoms with E-state index in [0.29, 0.717) is 24.2 Å². The van der Waals surface area contributed by atoms with Crippen LogP contribution in [0.1, 0.15) is 16.8 Å². The second kappa shape index (κ2) is 8.18. The number of nitrogens with one attached hydrogen (secondary N) is 2. The van der Waals surface area contributed by atoms with E-state index in [9.17, 15) is 14.4 Å². The fourth-order valence-electron chi connectivity index (χ4n) is 2.74. The molecule has 3 N–H and O–H groups in total. The third kappa shape index (κ3) is 4.72. The molecule has 0 bridgehead atoms. The minimum atomic E-state index is -1.11. The Kier molecular flexibility index (Phi) is 5.51. The minimum absolute atomic E-state index is 0.129. The molecule has 7 heteroatoms. The fourth-order valence-corrected chi connectivity index (χ4v) is 2.74. The van der Waals surface area contributed by atoms with Gasteiger partial charge in [-0.15, -0.1) is 0 Å². The van der Waals surface area contributed by atoms with Crippen LogP contribution in [0.3, 0.4) is 0 Å². The number of fused-ring (bicyclic) bond motifs is 1. The molecule has 0 saturated heterocycles. The number of nitrogens with zero attached hydrogens (tertiary/aromatic N) is 1. The van der Waals surface area contributed by atoms with Crippen LogP contribution < -0.4 is 10.6 Å². The summed E-state index contributed by atoms with van der Waals surface area (Å²) >= 11 is 0. The highest BCUT2D eigenvalue weighted by atomic mass is 16.4. The number of anilines is 1. The topological polar surface area (TPSA) is 100 Å². The summed E-state index contributed by atoms with van der Waals surface area (Å²) < 4.78 is 2.03. The monoisotopic (exact) mass is 365 g/mol. The lowest BCUT2D eigenvalue weighted by atomic mass is 10.2. The Morgan fingerprint density at radius 2 is 1.70 bits per heavy atom. The Hall–Kier alpha value is -3.61. The highest BCUT2D eigenvalue weighted by molar-refractivity contribution is 5.97. The Bertz CT molecular complexity index is 976. The Morgan fingerprint density at radius 1 is 0.963 bits per heavy atom. The number of aromatic nitrogens is 1. The molecule has 0 saturated carbocycles. The molecular weight excluding hydrogens is 346 g/mol. The first kappa shape index (κ1) is 18.2. The summed E-state index contributed by atoms with van der Waals surface area (Å²) in [6.45, 7) is 0.125. The zero-order valence-corrected chi connectivity index (χ0v) is 14.5. The zero-order chi connectivity index (χ0) is 19.2. The van der Waals surface area contributed by atoms with E-state index in [1.165, 1.54) is 12.1 Å². The van der Waals surface area contributed by atoms with Gasteiger partial charge in [-0.05, 0) is 41.8 Å². The van der Waals surface area contributed by atoms with Gasteiger partial charge in [-0.25, -0.2) is 0 Å². The van der Waals surface area contributed by atoms with Crippen LogP contribution in [0.25, 0.3) is 10.9 Å². The molecule has 0 radical (unpaired) electrons. The number of carbonyl (C=O) groups is 3. The van der Waals surface area contributed by atoms with E-state index in [0.717, 1.165) is 10.9 Å². The van der Waals surface area contributed by atoms with Gasteiger partial charge in [-0.3, -0.25) is 14.4 Å². The third-order valence-electron chi connectivity index (χ3n) is 4.09. The predicted molar refractivity (Wildman–Crippen MR) is 102 cm³/mol. The number of hydrogen-bond acceptors (Lipinski definition) is 3. The van der Waals surface area contributed by atoms with E-state index in [-0.39, 0.29) is 5.91 Å². The van der Waals surface area contributed by atoms with Crippen LogP contribution in [0, 0.1) is 0 Å². The molecule has 0 spiro atoms. The van der Waals surface area contributed by atoms with Gasteiger partial charge in [0, 0.05) is 35.9 Å². The van der Waals surface area contributed by atoms with Crippen molar-refractivity contribution in [3.05, 3.63) is 66.4 Å². The average molecular weight is 365 g/mol. The largest absolute Gasteiger partial charge is 0.480 e. The van der Waals surface area contributed by atoms with Gasteiger partial charge in [0.15, 0.2) is 0 Å². The number of para-hydroxylation sites is 1. The summed E-state index contributed by atoms with van der Waals surface area (Å²) in [5.41, 5.74) is 1.99. The Morgan fingerprint density at radius 3 is 2.44 bits per heavy atom. The van der Waals surface area contributed by atoms with Crippen molar-refractivity contribution in [2.24, 2.45) is 0 Å². The van der Waals surface area contributed by atoms with Gasteiger partial charge in [0.2, 0.25) is 5.91 Å². The second-order valence-corrected chi connectivity index (χ2v) is 6.02. The Labute approximate surface area is 155 Å². The van der Waals surface area contributed by atoms with E-state index in [4.69, 9.17) is 5.11 Å². The van der Waals surface area contributed by atoms with Gasteiger partial charge < -0.3 is 20.3 Å². The molecule has 138 valence electrons. The first-order valence-electron chi connectivity index (χ1n) is 8.47. The summed E-state index contributed by atoms with van der Waals surface area (Å²) in [5.74, 6) is -1.71. The molecule has 0 aliphatic carbocycles. The van der Waals surface area contributed by atoms with E-state index >= 15 is 0 Å². The molecule has 0 unspecified atom stereocenters. The molecule has 3 rings (SSSR count). The second-order valence-electron chi connectivity index (χ2n) is 6.02. The molecule has 0 atom stereocenters. The van der Waals surface area contributed by atoms with Gasteiger partial charge in [0.05, 0.1) is 0 Å². The van der Waals surface area contributed by atoms with Crippen LogP contribution in [0.4, 0.5) is 5.69 Å². The lowest BCUT2D eigenvalue weighted by Crippen LogP contribution is -2.29. The molecule has 2 amide bonds. The maximum Gasteiger partial charge on any atom is 0.322 e. The molecule has 0 fully saturated rings. The normalized spacial score (nSPS) is 10.5. The summed E-state index contributed by atoms with van der Waals surface area (Å²) in [4.78, 5) is 34.4. The van der Waals surface area contributed by atoms with Crippen LogP contribution in [-0.4, -0.2) is 34.0 Å². The number of carbonyl (C=O) groups excluding carboxylic acids is 2. The van der Waals surface area contributed by atoms with Gasteiger partial charge in [-0.2, -0.15) is 0 Å². The van der Waals surface area contributed by atoms with Crippen LogP contribution in [0.2, 0.25) is 0 Å². The summed E-state index contributed by atoms with van der Waals surface area (Å²) in [7, 11) is 0. The lowest BCUT2D eigenvalue weighted by Gasteiger charge is -2.08. The van der Waals surface area contributed by atoms with Crippen molar-refractivity contribution in [2.75, 3.05) is 11.9 Å². The zero-order valence-electron chi connectivity index (χ0n) is 14.5. The van der Waals surface area contributed by atoms with Gasteiger partial charge in [0.25, 0.3) is 5.91 Å². The quantitative estimate of drug-likeness (QED) is 0.599. The van der Waals surface area contributed by atoms with Gasteiger partial charge >= 0.3 is 5.97 Å².